The molecule has 0 aliphatic heterocycles. The number of ether oxygens (including phenoxy) is 1. The molecule has 0 amide bonds. The van der Waals surface area contributed by atoms with Crippen molar-refractivity contribution in [3.8, 4) is 0 Å². The van der Waals surface area contributed by atoms with Crippen molar-refractivity contribution >= 4 is 11.6 Å². The lowest BCUT2D eigenvalue weighted by Gasteiger charge is -2.18. The van der Waals surface area contributed by atoms with Crippen molar-refractivity contribution in [2.75, 3.05) is 13.7 Å². The van der Waals surface area contributed by atoms with Crippen molar-refractivity contribution in [3.05, 3.63) is 11.1 Å². The van der Waals surface area contributed by atoms with E-state index in [4.69, 9.17) is 16.3 Å². The second-order valence-electron chi connectivity index (χ2n) is 4.19. The van der Waals surface area contributed by atoms with Crippen LogP contribution in [0.2, 0.25) is 5.28 Å². The molecule has 1 heterocycles. The highest BCUT2D eigenvalue weighted by Crippen LogP contribution is 2.22. The van der Waals surface area contributed by atoms with Crippen molar-refractivity contribution in [1.82, 2.24) is 14.8 Å². The van der Waals surface area contributed by atoms with Crippen LogP contribution in [-0.4, -0.2) is 28.5 Å². The zero-order valence-corrected chi connectivity index (χ0v) is 9.80. The average molecular weight is 218 g/mol. The van der Waals surface area contributed by atoms with Crippen molar-refractivity contribution in [3.63, 3.8) is 0 Å². The highest BCUT2D eigenvalue weighted by molar-refractivity contribution is 6.28. The average Bonchev–Trinajstić information content (AvgIpc) is 2.42. The van der Waals surface area contributed by atoms with Gasteiger partial charge in [-0.2, -0.15) is 0 Å². The summed E-state index contributed by atoms with van der Waals surface area (Å²) >= 11 is 5.92. The van der Waals surface area contributed by atoms with Crippen LogP contribution in [0.4, 0.5) is 0 Å². The van der Waals surface area contributed by atoms with Gasteiger partial charge in [-0.3, -0.25) is 4.57 Å². The summed E-state index contributed by atoms with van der Waals surface area (Å²) in [6, 6.07) is 0. The molecule has 0 saturated heterocycles. The number of rotatable bonds is 3. The van der Waals surface area contributed by atoms with Gasteiger partial charge in [0.15, 0.2) is 0 Å². The predicted molar refractivity (Wildman–Crippen MR) is 55.6 cm³/mol. The molecule has 0 aromatic carbocycles. The van der Waals surface area contributed by atoms with E-state index in [2.05, 4.69) is 31.0 Å². The molecule has 80 valence electrons. The molecule has 0 unspecified atom stereocenters. The maximum absolute atomic E-state index is 5.92. The highest BCUT2D eigenvalue weighted by atomic mass is 35.5. The smallest absolute Gasteiger partial charge is 0.225 e. The maximum atomic E-state index is 5.92. The molecule has 0 atom stereocenters. The molecule has 14 heavy (non-hydrogen) atoms. The first-order valence-corrected chi connectivity index (χ1v) is 4.92. The topological polar surface area (TPSA) is 39.9 Å². The van der Waals surface area contributed by atoms with Crippen LogP contribution >= 0.6 is 11.6 Å². The lowest BCUT2D eigenvalue weighted by molar-refractivity contribution is 0.185. The molecule has 1 rings (SSSR count). The minimum Gasteiger partial charge on any atom is -0.383 e. The molecule has 0 bridgehead atoms. The Bertz CT molecular complexity index is 303. The van der Waals surface area contributed by atoms with Gasteiger partial charge in [-0.25, -0.2) is 0 Å². The molecule has 0 spiro atoms. The Morgan fingerprint density at radius 2 is 2.00 bits per heavy atom. The van der Waals surface area contributed by atoms with Crippen LogP contribution in [0.25, 0.3) is 0 Å². The Labute approximate surface area is 89.2 Å². The molecule has 1 aromatic heterocycles. The van der Waals surface area contributed by atoms with Crippen LogP contribution < -0.4 is 0 Å². The third-order valence-electron chi connectivity index (χ3n) is 1.90. The summed E-state index contributed by atoms with van der Waals surface area (Å²) in [6.45, 7) is 7.54. The molecule has 0 radical (unpaired) electrons. The molecule has 5 heteroatoms. The fourth-order valence-corrected chi connectivity index (χ4v) is 1.42. The maximum Gasteiger partial charge on any atom is 0.225 e. The quantitative estimate of drug-likeness (QED) is 0.776. The van der Waals surface area contributed by atoms with Gasteiger partial charge in [-0.15, -0.1) is 10.2 Å². The minimum absolute atomic E-state index is 0.0477. The molecule has 0 N–H and O–H groups in total. The summed E-state index contributed by atoms with van der Waals surface area (Å²) in [5, 5.41) is 8.35. The van der Waals surface area contributed by atoms with Crippen molar-refractivity contribution in [2.45, 2.75) is 32.7 Å². The molecule has 0 aliphatic rings. The van der Waals surface area contributed by atoms with E-state index >= 15 is 0 Å². The van der Waals surface area contributed by atoms with Crippen LogP contribution in [0.3, 0.4) is 0 Å². The molecular formula is C9H16ClN3O. The van der Waals surface area contributed by atoms with Crippen LogP contribution in [0.5, 0.6) is 0 Å². The third kappa shape index (κ3) is 2.45. The minimum atomic E-state index is -0.0477. The summed E-state index contributed by atoms with van der Waals surface area (Å²) in [7, 11) is 1.66. The Morgan fingerprint density at radius 3 is 2.50 bits per heavy atom. The number of nitrogens with zero attached hydrogens (tertiary/aromatic N) is 3. The second-order valence-corrected chi connectivity index (χ2v) is 4.53. The number of hydrogen-bond acceptors (Lipinski definition) is 3. The Hall–Kier alpha value is -0.610. The Balaban J connectivity index is 2.94. The lowest BCUT2D eigenvalue weighted by atomic mass is 9.96. The summed E-state index contributed by atoms with van der Waals surface area (Å²) < 4.78 is 6.88. The summed E-state index contributed by atoms with van der Waals surface area (Å²) in [5.74, 6) is 0.888. The predicted octanol–water partition coefficient (Wildman–Crippen LogP) is 1.88. The zero-order chi connectivity index (χ0) is 10.8. The van der Waals surface area contributed by atoms with Gasteiger partial charge in [0.25, 0.3) is 0 Å². The molecule has 1 aromatic rings. The van der Waals surface area contributed by atoms with E-state index in [0.717, 1.165) is 5.82 Å². The van der Waals surface area contributed by atoms with E-state index < -0.39 is 0 Å². The van der Waals surface area contributed by atoms with Crippen LogP contribution in [-0.2, 0) is 16.7 Å². The number of halogens is 1. The number of aromatic nitrogens is 3. The number of hydrogen-bond donors (Lipinski definition) is 0. The van der Waals surface area contributed by atoms with Crippen molar-refractivity contribution < 1.29 is 4.74 Å². The standard InChI is InChI=1S/C9H16ClN3O/c1-9(2,3)7-11-12-8(10)13(7)5-6-14-4/h5-6H2,1-4H3. The fraction of sp³-hybridized carbons (Fsp3) is 0.778. The van der Waals surface area contributed by atoms with Crippen LogP contribution in [0, 0.1) is 0 Å². The van der Waals surface area contributed by atoms with Gasteiger partial charge >= 0.3 is 0 Å². The van der Waals surface area contributed by atoms with Gasteiger partial charge in [0.2, 0.25) is 5.28 Å². The summed E-state index contributed by atoms with van der Waals surface area (Å²) in [6.07, 6.45) is 0. The largest absolute Gasteiger partial charge is 0.383 e. The first-order chi connectivity index (χ1) is 6.46. The Morgan fingerprint density at radius 1 is 1.36 bits per heavy atom. The van der Waals surface area contributed by atoms with Gasteiger partial charge in [0.1, 0.15) is 5.82 Å². The van der Waals surface area contributed by atoms with Gasteiger partial charge < -0.3 is 4.74 Å². The second kappa shape index (κ2) is 4.28. The van der Waals surface area contributed by atoms with Crippen LogP contribution in [0.1, 0.15) is 26.6 Å². The van der Waals surface area contributed by atoms with Crippen molar-refractivity contribution in [2.24, 2.45) is 0 Å². The van der Waals surface area contributed by atoms with E-state index in [0.29, 0.717) is 18.4 Å². The molecule has 4 nitrogen and oxygen atoms in total. The van der Waals surface area contributed by atoms with E-state index in [-0.39, 0.29) is 5.41 Å². The summed E-state index contributed by atoms with van der Waals surface area (Å²) in [5.41, 5.74) is -0.0477. The van der Waals surface area contributed by atoms with Gasteiger partial charge in [0.05, 0.1) is 13.2 Å². The number of methoxy groups -OCH3 is 1. The third-order valence-corrected chi connectivity index (χ3v) is 2.18. The molecule has 0 aliphatic carbocycles. The van der Waals surface area contributed by atoms with Crippen molar-refractivity contribution in [1.29, 1.82) is 0 Å². The van der Waals surface area contributed by atoms with E-state index in [1.54, 1.807) is 7.11 Å². The van der Waals surface area contributed by atoms with Gasteiger partial charge in [-0.1, -0.05) is 20.8 Å². The van der Waals surface area contributed by atoms with Gasteiger partial charge in [-0.05, 0) is 11.6 Å². The van der Waals surface area contributed by atoms with Gasteiger partial charge in [0, 0.05) is 12.5 Å². The lowest BCUT2D eigenvalue weighted by Crippen LogP contribution is -2.20. The normalized spacial score (nSPS) is 12.1. The Kier molecular flexibility index (Phi) is 3.50. The van der Waals surface area contributed by atoms with E-state index in [9.17, 15) is 0 Å². The highest BCUT2D eigenvalue weighted by Gasteiger charge is 2.22. The SMILES string of the molecule is COCCn1c(Cl)nnc1C(C)(C)C. The van der Waals surface area contributed by atoms with E-state index in [1.165, 1.54) is 0 Å². The molecular weight excluding hydrogens is 202 g/mol. The van der Waals surface area contributed by atoms with E-state index in [1.807, 2.05) is 4.57 Å². The first kappa shape index (κ1) is 11.5. The monoisotopic (exact) mass is 217 g/mol. The first-order valence-electron chi connectivity index (χ1n) is 4.55. The fourth-order valence-electron chi connectivity index (χ4n) is 1.22. The summed E-state index contributed by atoms with van der Waals surface area (Å²) in [4.78, 5) is 0. The molecule has 0 fully saturated rings. The molecule has 0 saturated carbocycles. The van der Waals surface area contributed by atoms with Crippen LogP contribution in [0.15, 0.2) is 0 Å². The zero-order valence-electron chi connectivity index (χ0n) is 9.04.